The number of nitrogens with one attached hydrogen (secondary N) is 1. The van der Waals surface area contributed by atoms with Crippen molar-refractivity contribution in [2.75, 3.05) is 6.54 Å². The molecule has 0 unspecified atom stereocenters. The topological polar surface area (TPSA) is 113 Å². The minimum Gasteiger partial charge on any atom is -0.481 e. The van der Waals surface area contributed by atoms with E-state index in [9.17, 15) is 14.4 Å². The maximum atomic E-state index is 12.5. The summed E-state index contributed by atoms with van der Waals surface area (Å²) >= 11 is 0. The van der Waals surface area contributed by atoms with Crippen LogP contribution in [-0.4, -0.2) is 46.0 Å². The lowest BCUT2D eigenvalue weighted by Crippen LogP contribution is -2.60. The molecule has 0 aromatic heterocycles. The van der Waals surface area contributed by atoms with Gasteiger partial charge in [-0.05, 0) is 32.1 Å². The van der Waals surface area contributed by atoms with Crippen LogP contribution in [0.5, 0.6) is 0 Å². The molecule has 21 heavy (non-hydrogen) atoms. The Labute approximate surface area is 123 Å². The summed E-state index contributed by atoms with van der Waals surface area (Å²) < 4.78 is 0. The Morgan fingerprint density at radius 2 is 1.81 bits per heavy atom. The Kier molecular flexibility index (Phi) is 4.69. The van der Waals surface area contributed by atoms with E-state index in [0.29, 0.717) is 12.8 Å². The van der Waals surface area contributed by atoms with Gasteiger partial charge in [0.2, 0.25) is 5.91 Å². The standard InChI is InChI=1S/C14H23N3O4/c15-11(18)9-17(10-4-1-2-5-10)13(21)16-14(6-3-7-14)8-12(19)20/h10H,1-9H2,(H2,15,18)(H,16,21)(H,19,20). The van der Waals surface area contributed by atoms with Crippen LogP contribution in [0.15, 0.2) is 0 Å². The Morgan fingerprint density at radius 1 is 1.19 bits per heavy atom. The van der Waals surface area contributed by atoms with Crippen molar-refractivity contribution >= 4 is 17.9 Å². The molecule has 7 nitrogen and oxygen atoms in total. The third-order valence-corrected chi connectivity index (χ3v) is 4.52. The third-order valence-electron chi connectivity index (χ3n) is 4.52. The average molecular weight is 297 g/mol. The molecule has 0 aliphatic heterocycles. The number of aliphatic carboxylic acids is 1. The fourth-order valence-electron chi connectivity index (χ4n) is 3.29. The predicted molar refractivity (Wildman–Crippen MR) is 75.5 cm³/mol. The molecule has 118 valence electrons. The van der Waals surface area contributed by atoms with E-state index >= 15 is 0 Å². The monoisotopic (exact) mass is 297 g/mol. The molecule has 3 amide bonds. The maximum Gasteiger partial charge on any atom is 0.318 e. The van der Waals surface area contributed by atoms with Crippen LogP contribution >= 0.6 is 0 Å². The van der Waals surface area contributed by atoms with E-state index in [1.807, 2.05) is 0 Å². The molecule has 4 N–H and O–H groups in total. The van der Waals surface area contributed by atoms with Crippen LogP contribution in [0.1, 0.15) is 51.4 Å². The van der Waals surface area contributed by atoms with Crippen molar-refractivity contribution in [1.82, 2.24) is 10.2 Å². The number of hydrogen-bond donors (Lipinski definition) is 3. The Balaban J connectivity index is 2.03. The van der Waals surface area contributed by atoms with Crippen LogP contribution in [0, 0.1) is 0 Å². The number of amides is 3. The molecular formula is C14H23N3O4. The normalized spacial score (nSPS) is 20.6. The van der Waals surface area contributed by atoms with Gasteiger partial charge in [0.05, 0.1) is 12.0 Å². The van der Waals surface area contributed by atoms with Crippen LogP contribution in [0.25, 0.3) is 0 Å². The summed E-state index contributed by atoms with van der Waals surface area (Å²) in [7, 11) is 0. The number of nitrogens with zero attached hydrogens (tertiary/aromatic N) is 1. The SMILES string of the molecule is NC(=O)CN(C(=O)NC1(CC(=O)O)CCC1)C1CCCC1. The molecule has 2 aliphatic carbocycles. The van der Waals surface area contributed by atoms with Crippen molar-refractivity contribution in [3.8, 4) is 0 Å². The van der Waals surface area contributed by atoms with Crippen molar-refractivity contribution in [3.63, 3.8) is 0 Å². The second-order valence-electron chi connectivity index (χ2n) is 6.17. The largest absolute Gasteiger partial charge is 0.481 e. The summed E-state index contributed by atoms with van der Waals surface area (Å²) in [6.45, 7) is -0.111. The molecular weight excluding hydrogens is 274 g/mol. The molecule has 2 saturated carbocycles. The van der Waals surface area contributed by atoms with Crippen LogP contribution < -0.4 is 11.1 Å². The van der Waals surface area contributed by atoms with E-state index in [0.717, 1.165) is 32.1 Å². The van der Waals surface area contributed by atoms with Gasteiger partial charge in [0.15, 0.2) is 0 Å². The van der Waals surface area contributed by atoms with Crippen LogP contribution in [0.3, 0.4) is 0 Å². The molecule has 0 spiro atoms. The van der Waals surface area contributed by atoms with E-state index in [-0.39, 0.29) is 25.0 Å². The number of carbonyl (C=O) groups is 3. The number of rotatable bonds is 6. The molecule has 0 aromatic rings. The molecule has 0 radical (unpaired) electrons. The lowest BCUT2D eigenvalue weighted by Gasteiger charge is -2.43. The molecule has 0 atom stereocenters. The first-order valence-electron chi connectivity index (χ1n) is 7.51. The minimum atomic E-state index is -0.919. The van der Waals surface area contributed by atoms with Crippen molar-refractivity contribution in [3.05, 3.63) is 0 Å². The average Bonchev–Trinajstić information content (AvgIpc) is 2.85. The van der Waals surface area contributed by atoms with Crippen LogP contribution in [-0.2, 0) is 9.59 Å². The van der Waals surface area contributed by atoms with Gasteiger partial charge in [0.25, 0.3) is 0 Å². The fourth-order valence-corrected chi connectivity index (χ4v) is 3.29. The Hall–Kier alpha value is -1.79. The zero-order valence-electron chi connectivity index (χ0n) is 12.1. The second-order valence-corrected chi connectivity index (χ2v) is 6.17. The second kappa shape index (κ2) is 6.32. The Bertz CT molecular complexity index is 428. The van der Waals surface area contributed by atoms with E-state index in [1.54, 1.807) is 0 Å². The van der Waals surface area contributed by atoms with E-state index in [1.165, 1.54) is 4.90 Å². The molecule has 0 aromatic carbocycles. The highest BCUT2D eigenvalue weighted by Crippen LogP contribution is 2.35. The number of carboxylic acids is 1. The van der Waals surface area contributed by atoms with E-state index in [4.69, 9.17) is 10.8 Å². The van der Waals surface area contributed by atoms with Gasteiger partial charge < -0.3 is 21.1 Å². The predicted octanol–water partition coefficient (Wildman–Crippen LogP) is 0.823. The summed E-state index contributed by atoms with van der Waals surface area (Å²) in [5.41, 5.74) is 4.58. The minimum absolute atomic E-state index is 0.0273. The number of urea groups is 1. The van der Waals surface area contributed by atoms with Crippen molar-refractivity contribution in [2.45, 2.75) is 62.9 Å². The van der Waals surface area contributed by atoms with Gasteiger partial charge in [0.1, 0.15) is 6.54 Å². The van der Waals surface area contributed by atoms with Crippen molar-refractivity contribution in [1.29, 1.82) is 0 Å². The van der Waals surface area contributed by atoms with Gasteiger partial charge in [0, 0.05) is 6.04 Å². The number of hydrogen-bond acceptors (Lipinski definition) is 3. The molecule has 0 bridgehead atoms. The lowest BCUT2D eigenvalue weighted by molar-refractivity contribution is -0.139. The zero-order chi connectivity index (χ0) is 15.5. The summed E-state index contributed by atoms with van der Waals surface area (Å²) in [4.78, 5) is 36.1. The molecule has 7 heteroatoms. The number of primary amides is 1. The summed E-state index contributed by atoms with van der Waals surface area (Å²) in [5, 5.41) is 11.8. The zero-order valence-corrected chi connectivity index (χ0v) is 12.1. The van der Waals surface area contributed by atoms with E-state index in [2.05, 4.69) is 5.32 Å². The van der Waals surface area contributed by atoms with Gasteiger partial charge in [-0.15, -0.1) is 0 Å². The van der Waals surface area contributed by atoms with Gasteiger partial charge in [-0.1, -0.05) is 12.8 Å². The summed E-state index contributed by atoms with van der Waals surface area (Å²) in [5.74, 6) is -1.46. The molecule has 2 rings (SSSR count). The number of carboxylic acid groups (broad SMARTS) is 1. The van der Waals surface area contributed by atoms with Crippen LogP contribution in [0.4, 0.5) is 4.79 Å². The first kappa shape index (κ1) is 15.6. The van der Waals surface area contributed by atoms with Crippen LogP contribution in [0.2, 0.25) is 0 Å². The smallest absolute Gasteiger partial charge is 0.318 e. The third kappa shape index (κ3) is 3.86. The highest BCUT2D eigenvalue weighted by Gasteiger charge is 2.42. The first-order valence-corrected chi connectivity index (χ1v) is 7.51. The van der Waals surface area contributed by atoms with Gasteiger partial charge in [-0.3, -0.25) is 9.59 Å². The highest BCUT2D eigenvalue weighted by atomic mass is 16.4. The molecule has 0 heterocycles. The highest BCUT2D eigenvalue weighted by molar-refractivity contribution is 5.84. The molecule has 2 fully saturated rings. The molecule has 2 aliphatic rings. The van der Waals surface area contributed by atoms with Gasteiger partial charge >= 0.3 is 12.0 Å². The quantitative estimate of drug-likeness (QED) is 0.673. The van der Waals surface area contributed by atoms with Crippen molar-refractivity contribution in [2.24, 2.45) is 5.73 Å². The van der Waals surface area contributed by atoms with Gasteiger partial charge in [-0.25, -0.2) is 4.79 Å². The maximum absolute atomic E-state index is 12.5. The number of nitrogens with two attached hydrogens (primary N) is 1. The molecule has 0 saturated heterocycles. The lowest BCUT2D eigenvalue weighted by atomic mass is 9.74. The van der Waals surface area contributed by atoms with E-state index < -0.39 is 17.4 Å². The fraction of sp³-hybridized carbons (Fsp3) is 0.786. The Morgan fingerprint density at radius 3 is 2.24 bits per heavy atom. The van der Waals surface area contributed by atoms with Crippen molar-refractivity contribution < 1.29 is 19.5 Å². The summed E-state index contributed by atoms with van der Waals surface area (Å²) in [6.07, 6.45) is 5.97. The number of carbonyl (C=O) groups excluding carboxylic acids is 2. The van der Waals surface area contributed by atoms with Gasteiger partial charge in [-0.2, -0.15) is 0 Å². The first-order chi connectivity index (χ1) is 9.92. The summed E-state index contributed by atoms with van der Waals surface area (Å²) in [6, 6.07) is -0.332.